The van der Waals surface area contributed by atoms with Gasteiger partial charge in [-0.1, -0.05) is 18.6 Å². The molecule has 0 bridgehead atoms. The van der Waals surface area contributed by atoms with Crippen molar-refractivity contribution in [1.29, 1.82) is 0 Å². The van der Waals surface area contributed by atoms with E-state index in [0.717, 1.165) is 19.4 Å². The summed E-state index contributed by atoms with van der Waals surface area (Å²) in [5, 5.41) is 0. The lowest BCUT2D eigenvalue weighted by Gasteiger charge is -2.34. The molecule has 64 valence electrons. The lowest BCUT2D eigenvalue weighted by Crippen LogP contribution is -2.37. The molecule has 1 rings (SSSR count). The van der Waals surface area contributed by atoms with Crippen molar-refractivity contribution in [2.75, 3.05) is 6.54 Å². The average molecular weight is 154 g/mol. The molecule has 1 aliphatic rings. The van der Waals surface area contributed by atoms with Crippen molar-refractivity contribution in [3.05, 3.63) is 11.6 Å². The highest BCUT2D eigenvalue weighted by Gasteiger charge is 2.28. The van der Waals surface area contributed by atoms with Gasteiger partial charge >= 0.3 is 0 Å². The third kappa shape index (κ3) is 2.04. The average Bonchev–Trinajstić information content (AvgIpc) is 1.84. The van der Waals surface area contributed by atoms with Crippen molar-refractivity contribution in [1.82, 2.24) is 0 Å². The largest absolute Gasteiger partial charge is 0.330 e. The molecule has 2 nitrogen and oxygen atoms in total. The highest BCUT2D eigenvalue weighted by Crippen LogP contribution is 2.33. The van der Waals surface area contributed by atoms with E-state index in [0.29, 0.717) is 0 Å². The molecule has 2 heteroatoms. The maximum absolute atomic E-state index is 5.84. The zero-order chi connectivity index (χ0) is 8.48. The van der Waals surface area contributed by atoms with Crippen LogP contribution in [0.15, 0.2) is 11.6 Å². The third-order valence-electron chi connectivity index (χ3n) is 2.43. The topological polar surface area (TPSA) is 52.0 Å². The van der Waals surface area contributed by atoms with Crippen LogP contribution in [0, 0.1) is 5.41 Å². The Balaban J connectivity index is 2.70. The smallest absolute Gasteiger partial charge is 0.0232 e. The Morgan fingerprint density at radius 3 is 2.82 bits per heavy atom. The van der Waals surface area contributed by atoms with E-state index in [9.17, 15) is 0 Å². The third-order valence-corrected chi connectivity index (χ3v) is 2.43. The van der Waals surface area contributed by atoms with E-state index < -0.39 is 0 Å². The van der Waals surface area contributed by atoms with Crippen LogP contribution in [0.1, 0.15) is 26.7 Å². The first kappa shape index (κ1) is 8.75. The summed E-state index contributed by atoms with van der Waals surface area (Å²) in [7, 11) is 0. The van der Waals surface area contributed by atoms with E-state index in [1.807, 2.05) is 0 Å². The van der Waals surface area contributed by atoms with Gasteiger partial charge in [0.25, 0.3) is 0 Å². The molecule has 0 aliphatic heterocycles. The van der Waals surface area contributed by atoms with E-state index in [4.69, 9.17) is 11.5 Å². The first-order chi connectivity index (χ1) is 5.06. The second kappa shape index (κ2) is 2.95. The molecular weight excluding hydrogens is 136 g/mol. The summed E-state index contributed by atoms with van der Waals surface area (Å²) < 4.78 is 0. The van der Waals surface area contributed by atoms with Crippen LogP contribution in [-0.2, 0) is 0 Å². The van der Waals surface area contributed by atoms with Crippen LogP contribution in [0.5, 0.6) is 0 Å². The minimum Gasteiger partial charge on any atom is -0.330 e. The normalized spacial score (nSPS) is 38.5. The fourth-order valence-electron chi connectivity index (χ4n) is 1.95. The summed E-state index contributed by atoms with van der Waals surface area (Å²) >= 11 is 0. The van der Waals surface area contributed by atoms with Gasteiger partial charge < -0.3 is 11.5 Å². The molecule has 2 atom stereocenters. The quantitative estimate of drug-likeness (QED) is 0.554. The van der Waals surface area contributed by atoms with Crippen molar-refractivity contribution in [3.8, 4) is 0 Å². The van der Waals surface area contributed by atoms with Gasteiger partial charge in [0.05, 0.1) is 0 Å². The van der Waals surface area contributed by atoms with Crippen LogP contribution in [0.4, 0.5) is 0 Å². The molecule has 0 aromatic carbocycles. The Kier molecular flexibility index (Phi) is 2.35. The zero-order valence-corrected chi connectivity index (χ0v) is 7.43. The monoisotopic (exact) mass is 154 g/mol. The van der Waals surface area contributed by atoms with Crippen LogP contribution in [0.3, 0.4) is 0 Å². The number of hydrogen-bond acceptors (Lipinski definition) is 2. The maximum Gasteiger partial charge on any atom is 0.0232 e. The van der Waals surface area contributed by atoms with E-state index in [1.165, 1.54) is 5.57 Å². The predicted octanol–water partition coefficient (Wildman–Crippen LogP) is 1.02. The Bertz CT molecular complexity index is 174. The van der Waals surface area contributed by atoms with Gasteiger partial charge in [0.2, 0.25) is 0 Å². The highest BCUT2D eigenvalue weighted by atomic mass is 14.7. The summed E-state index contributed by atoms with van der Waals surface area (Å²) in [5.41, 5.74) is 13.2. The van der Waals surface area contributed by atoms with Gasteiger partial charge in [0.1, 0.15) is 0 Å². The minimum absolute atomic E-state index is 0.220. The van der Waals surface area contributed by atoms with E-state index in [-0.39, 0.29) is 11.5 Å². The number of rotatable bonds is 1. The second-order valence-electron chi connectivity index (χ2n) is 4.07. The molecule has 0 spiro atoms. The Labute approximate surface area is 68.6 Å². The van der Waals surface area contributed by atoms with Crippen molar-refractivity contribution in [3.63, 3.8) is 0 Å². The van der Waals surface area contributed by atoms with Crippen LogP contribution in [0.25, 0.3) is 0 Å². The van der Waals surface area contributed by atoms with Gasteiger partial charge in [-0.25, -0.2) is 0 Å². The van der Waals surface area contributed by atoms with Crippen molar-refractivity contribution < 1.29 is 0 Å². The summed E-state index contributed by atoms with van der Waals surface area (Å²) in [6.45, 7) is 5.09. The van der Waals surface area contributed by atoms with Gasteiger partial charge in [-0.05, 0) is 31.7 Å². The SMILES string of the molecule is CC1=CC(N)CC(C)(CN)C1. The second-order valence-corrected chi connectivity index (χ2v) is 4.07. The van der Waals surface area contributed by atoms with E-state index >= 15 is 0 Å². The van der Waals surface area contributed by atoms with Gasteiger partial charge in [-0.2, -0.15) is 0 Å². The molecule has 2 unspecified atom stereocenters. The Hall–Kier alpha value is -0.340. The minimum atomic E-state index is 0.220. The molecule has 0 aromatic heterocycles. The van der Waals surface area contributed by atoms with Crippen LogP contribution < -0.4 is 11.5 Å². The Morgan fingerprint density at radius 2 is 2.36 bits per heavy atom. The lowest BCUT2D eigenvalue weighted by molar-refractivity contribution is 0.279. The van der Waals surface area contributed by atoms with Crippen molar-refractivity contribution >= 4 is 0 Å². The van der Waals surface area contributed by atoms with Gasteiger partial charge in [0.15, 0.2) is 0 Å². The summed E-state index contributed by atoms with van der Waals surface area (Å²) in [6, 6.07) is 0.220. The number of allylic oxidation sites excluding steroid dienone is 1. The molecule has 0 saturated heterocycles. The van der Waals surface area contributed by atoms with Gasteiger partial charge in [0, 0.05) is 6.04 Å². The molecule has 11 heavy (non-hydrogen) atoms. The van der Waals surface area contributed by atoms with Crippen LogP contribution >= 0.6 is 0 Å². The molecule has 4 N–H and O–H groups in total. The maximum atomic E-state index is 5.84. The molecular formula is C9H18N2. The number of hydrogen-bond donors (Lipinski definition) is 2. The van der Waals surface area contributed by atoms with Gasteiger partial charge in [-0.15, -0.1) is 0 Å². The molecule has 0 radical (unpaired) electrons. The predicted molar refractivity (Wildman–Crippen MR) is 48.1 cm³/mol. The van der Waals surface area contributed by atoms with Crippen LogP contribution in [-0.4, -0.2) is 12.6 Å². The fraction of sp³-hybridized carbons (Fsp3) is 0.778. The summed E-state index contributed by atoms with van der Waals surface area (Å²) in [6.07, 6.45) is 4.29. The standard InChI is InChI=1S/C9H18N2/c1-7-3-8(11)5-9(2,4-7)6-10/h3,8H,4-6,10-11H2,1-2H3. The fourth-order valence-corrected chi connectivity index (χ4v) is 1.95. The highest BCUT2D eigenvalue weighted by molar-refractivity contribution is 5.12. The first-order valence-electron chi connectivity index (χ1n) is 4.19. The summed E-state index contributed by atoms with van der Waals surface area (Å²) in [5.74, 6) is 0. The van der Waals surface area contributed by atoms with E-state index in [1.54, 1.807) is 0 Å². The van der Waals surface area contributed by atoms with Crippen molar-refractivity contribution in [2.24, 2.45) is 16.9 Å². The van der Waals surface area contributed by atoms with Crippen LogP contribution in [0.2, 0.25) is 0 Å². The summed E-state index contributed by atoms with van der Waals surface area (Å²) in [4.78, 5) is 0. The molecule has 1 aliphatic carbocycles. The molecule has 0 fully saturated rings. The lowest BCUT2D eigenvalue weighted by atomic mass is 9.74. The molecule has 0 saturated carbocycles. The zero-order valence-electron chi connectivity index (χ0n) is 7.43. The molecule has 0 amide bonds. The van der Waals surface area contributed by atoms with Crippen molar-refractivity contribution in [2.45, 2.75) is 32.7 Å². The molecule has 0 heterocycles. The number of nitrogens with two attached hydrogens (primary N) is 2. The van der Waals surface area contributed by atoms with E-state index in [2.05, 4.69) is 19.9 Å². The first-order valence-corrected chi connectivity index (χ1v) is 4.19. The molecule has 0 aromatic rings. The Morgan fingerprint density at radius 1 is 1.73 bits per heavy atom. The van der Waals surface area contributed by atoms with Gasteiger partial charge in [-0.3, -0.25) is 0 Å².